The van der Waals surface area contributed by atoms with Gasteiger partial charge in [0.25, 0.3) is 0 Å². The lowest BCUT2D eigenvalue weighted by Crippen LogP contribution is -2.37. The highest BCUT2D eigenvalue weighted by Gasteiger charge is 2.38. The first-order valence-corrected chi connectivity index (χ1v) is 5.14. The molecule has 7 nitrogen and oxygen atoms in total. The van der Waals surface area contributed by atoms with Crippen LogP contribution in [0.15, 0.2) is 11.5 Å². The van der Waals surface area contributed by atoms with Crippen molar-refractivity contribution in [2.45, 2.75) is 26.2 Å². The van der Waals surface area contributed by atoms with E-state index >= 15 is 0 Å². The molecular weight excluding hydrogens is 230 g/mol. The summed E-state index contributed by atoms with van der Waals surface area (Å²) in [6, 6.07) is 0. The molecule has 0 radical (unpaired) electrons. The van der Waals surface area contributed by atoms with E-state index in [1.165, 1.54) is 13.8 Å². The maximum Gasteiger partial charge on any atom is 0.307 e. The van der Waals surface area contributed by atoms with E-state index in [0.29, 0.717) is 5.70 Å². The topological polar surface area (TPSA) is 83.1 Å². The maximum atomic E-state index is 11.0. The molecule has 0 aromatic carbocycles. The van der Waals surface area contributed by atoms with Crippen LogP contribution in [0.3, 0.4) is 0 Å². The zero-order valence-corrected chi connectivity index (χ0v) is 9.52. The van der Waals surface area contributed by atoms with Gasteiger partial charge < -0.3 is 24.3 Å². The number of fused-ring (bicyclic) bond motifs is 1. The minimum atomic E-state index is -0.725. The molecule has 0 aromatic heterocycles. The number of rotatable bonds is 2. The first-order chi connectivity index (χ1) is 8.08. The molecule has 0 aromatic rings. The molecule has 2 aliphatic heterocycles. The van der Waals surface area contributed by atoms with Crippen LogP contribution in [0.4, 0.5) is 0 Å². The van der Waals surface area contributed by atoms with Crippen molar-refractivity contribution in [2.24, 2.45) is 0 Å². The van der Waals surface area contributed by atoms with Gasteiger partial charge in [-0.15, -0.1) is 0 Å². The highest BCUT2D eigenvalue weighted by Crippen LogP contribution is 2.27. The molecule has 2 rings (SSSR count). The molecule has 17 heavy (non-hydrogen) atoms. The minimum Gasteiger partial charge on any atom is -0.452 e. The molecular formula is C10H13NO6. The van der Waals surface area contributed by atoms with Crippen molar-refractivity contribution in [2.75, 3.05) is 13.3 Å². The first kappa shape index (κ1) is 11.9. The molecule has 2 heterocycles. The standard InChI is InChI=1S/C10H13NO6/c1-5(12)16-7-3-14-10-8(11-4-15-10)9(7)17-6(2)13/h7,10-11H,3-4H2,1-2H3. The molecule has 0 amide bonds. The molecule has 2 aliphatic rings. The van der Waals surface area contributed by atoms with Crippen LogP contribution in [0.2, 0.25) is 0 Å². The molecule has 94 valence electrons. The fourth-order valence-corrected chi connectivity index (χ4v) is 1.68. The molecule has 2 unspecified atom stereocenters. The number of hydrogen-bond acceptors (Lipinski definition) is 7. The van der Waals surface area contributed by atoms with Gasteiger partial charge in [0.1, 0.15) is 12.4 Å². The molecule has 7 heteroatoms. The van der Waals surface area contributed by atoms with Crippen LogP contribution in [0.1, 0.15) is 13.8 Å². The van der Waals surface area contributed by atoms with Gasteiger partial charge in [0.05, 0.1) is 6.61 Å². The van der Waals surface area contributed by atoms with Crippen LogP contribution in [0.5, 0.6) is 0 Å². The predicted octanol–water partition coefficient (Wildman–Crippen LogP) is -0.374. The minimum absolute atomic E-state index is 0.0953. The average molecular weight is 243 g/mol. The summed E-state index contributed by atoms with van der Waals surface area (Å²) in [5.41, 5.74) is 0.498. The van der Waals surface area contributed by atoms with Crippen LogP contribution < -0.4 is 5.32 Å². The number of carbonyl (C=O) groups excluding carboxylic acids is 2. The second-order valence-electron chi connectivity index (χ2n) is 3.62. The van der Waals surface area contributed by atoms with E-state index in [9.17, 15) is 9.59 Å². The van der Waals surface area contributed by atoms with Gasteiger partial charge >= 0.3 is 11.9 Å². The first-order valence-electron chi connectivity index (χ1n) is 5.14. The average Bonchev–Trinajstić information content (AvgIpc) is 2.68. The Labute approximate surface area is 97.6 Å². The lowest BCUT2D eigenvalue weighted by atomic mass is 10.2. The zero-order valence-electron chi connectivity index (χ0n) is 9.52. The number of ether oxygens (including phenoxy) is 4. The van der Waals surface area contributed by atoms with Crippen molar-refractivity contribution >= 4 is 11.9 Å². The quantitative estimate of drug-likeness (QED) is 0.662. The Morgan fingerprint density at radius 1 is 1.29 bits per heavy atom. The Bertz CT molecular complexity index is 377. The highest BCUT2D eigenvalue weighted by molar-refractivity contribution is 5.69. The monoisotopic (exact) mass is 243 g/mol. The zero-order chi connectivity index (χ0) is 12.4. The van der Waals surface area contributed by atoms with Crippen molar-refractivity contribution in [3.63, 3.8) is 0 Å². The summed E-state index contributed by atoms with van der Waals surface area (Å²) in [5, 5.41) is 2.88. The Kier molecular flexibility index (Phi) is 3.30. The van der Waals surface area contributed by atoms with Gasteiger partial charge in [-0.2, -0.15) is 0 Å². The summed E-state index contributed by atoms with van der Waals surface area (Å²) in [5.74, 6) is -0.707. The summed E-state index contributed by atoms with van der Waals surface area (Å²) in [4.78, 5) is 22.0. The molecule has 2 atom stereocenters. The van der Waals surface area contributed by atoms with Crippen molar-refractivity contribution in [1.82, 2.24) is 5.32 Å². The largest absolute Gasteiger partial charge is 0.452 e. The van der Waals surface area contributed by atoms with E-state index in [0.717, 1.165) is 0 Å². The Morgan fingerprint density at radius 2 is 2.06 bits per heavy atom. The van der Waals surface area contributed by atoms with E-state index < -0.39 is 24.3 Å². The van der Waals surface area contributed by atoms with E-state index in [1.54, 1.807) is 0 Å². The summed E-state index contributed by atoms with van der Waals surface area (Å²) in [6.07, 6.45) is -1.31. The molecule has 0 aliphatic carbocycles. The lowest BCUT2D eigenvalue weighted by Gasteiger charge is -2.27. The normalized spacial score (nSPS) is 27.2. The molecule has 0 saturated carbocycles. The number of carbonyl (C=O) groups is 2. The molecule has 1 N–H and O–H groups in total. The van der Waals surface area contributed by atoms with Gasteiger partial charge in [-0.05, 0) is 0 Å². The van der Waals surface area contributed by atoms with Crippen LogP contribution in [0, 0.1) is 0 Å². The number of hydrogen-bond donors (Lipinski definition) is 1. The molecule has 0 spiro atoms. The summed E-state index contributed by atoms with van der Waals surface area (Å²) in [6.45, 7) is 2.91. The van der Waals surface area contributed by atoms with Crippen molar-refractivity contribution < 1.29 is 28.5 Å². The van der Waals surface area contributed by atoms with Gasteiger partial charge in [-0.25, -0.2) is 0 Å². The van der Waals surface area contributed by atoms with E-state index in [2.05, 4.69) is 5.32 Å². The third-order valence-electron chi connectivity index (χ3n) is 2.25. The SMILES string of the molecule is CC(=O)OC1=C2NCOC2OCC1OC(C)=O. The second-order valence-corrected chi connectivity index (χ2v) is 3.62. The lowest BCUT2D eigenvalue weighted by molar-refractivity contribution is -0.167. The van der Waals surface area contributed by atoms with E-state index in [-0.39, 0.29) is 19.1 Å². The number of esters is 2. The molecule has 0 bridgehead atoms. The van der Waals surface area contributed by atoms with Gasteiger partial charge in [0.2, 0.25) is 6.29 Å². The van der Waals surface area contributed by atoms with Crippen molar-refractivity contribution in [1.29, 1.82) is 0 Å². The Morgan fingerprint density at radius 3 is 2.71 bits per heavy atom. The molecule has 1 fully saturated rings. The summed E-state index contributed by atoms with van der Waals surface area (Å²) < 4.78 is 20.6. The van der Waals surface area contributed by atoms with Gasteiger partial charge in [-0.1, -0.05) is 0 Å². The van der Waals surface area contributed by atoms with Crippen LogP contribution in [-0.4, -0.2) is 37.7 Å². The third kappa shape index (κ3) is 2.56. The highest BCUT2D eigenvalue weighted by atomic mass is 16.7. The fraction of sp³-hybridized carbons (Fsp3) is 0.600. The second kappa shape index (κ2) is 4.72. The summed E-state index contributed by atoms with van der Waals surface area (Å²) in [7, 11) is 0. The van der Waals surface area contributed by atoms with Gasteiger partial charge in [0, 0.05) is 13.8 Å². The summed E-state index contributed by atoms with van der Waals surface area (Å²) >= 11 is 0. The molecule has 1 saturated heterocycles. The Hall–Kier alpha value is -1.60. The fourth-order valence-electron chi connectivity index (χ4n) is 1.68. The van der Waals surface area contributed by atoms with Crippen molar-refractivity contribution in [3.8, 4) is 0 Å². The van der Waals surface area contributed by atoms with Crippen LogP contribution in [0.25, 0.3) is 0 Å². The smallest absolute Gasteiger partial charge is 0.307 e. The maximum absolute atomic E-state index is 11.0. The predicted molar refractivity (Wildman–Crippen MR) is 53.2 cm³/mol. The van der Waals surface area contributed by atoms with E-state index in [4.69, 9.17) is 18.9 Å². The van der Waals surface area contributed by atoms with E-state index in [1.807, 2.05) is 0 Å². The Balaban J connectivity index is 2.24. The van der Waals surface area contributed by atoms with Gasteiger partial charge in [-0.3, -0.25) is 9.59 Å². The third-order valence-corrected chi connectivity index (χ3v) is 2.25. The van der Waals surface area contributed by atoms with Crippen LogP contribution >= 0.6 is 0 Å². The number of nitrogens with one attached hydrogen (secondary N) is 1. The van der Waals surface area contributed by atoms with Crippen molar-refractivity contribution in [3.05, 3.63) is 11.5 Å². The van der Waals surface area contributed by atoms with Crippen LogP contribution in [-0.2, 0) is 28.5 Å². The van der Waals surface area contributed by atoms with Gasteiger partial charge in [0.15, 0.2) is 11.9 Å².